The summed E-state index contributed by atoms with van der Waals surface area (Å²) in [5, 5.41) is 10.3. The van der Waals surface area contributed by atoms with Crippen molar-refractivity contribution >= 4 is 0 Å². The molecule has 1 aromatic rings. The lowest BCUT2D eigenvalue weighted by atomic mass is 9.78. The summed E-state index contributed by atoms with van der Waals surface area (Å²) >= 11 is 0. The lowest BCUT2D eigenvalue weighted by Gasteiger charge is -2.48. The number of likely N-dealkylation sites (tertiary alicyclic amines) is 1. The minimum absolute atomic E-state index is 0.0983. The molecule has 0 radical (unpaired) electrons. The molecule has 0 saturated carbocycles. The third-order valence-corrected chi connectivity index (χ3v) is 4.88. The van der Waals surface area contributed by atoms with Gasteiger partial charge in [-0.2, -0.15) is 0 Å². The van der Waals surface area contributed by atoms with Gasteiger partial charge in [0.25, 0.3) is 0 Å². The number of rotatable bonds is 2. The smallest absolute Gasteiger partial charge is 0.0734 e. The SMILES string of the molecule is Cc1ccc(CN2CCC3(CC2)CC(C)(O)CCO3)nc1. The number of piperidine rings is 1. The summed E-state index contributed by atoms with van der Waals surface area (Å²) < 4.78 is 6.05. The Morgan fingerprint density at radius 3 is 2.67 bits per heavy atom. The van der Waals surface area contributed by atoms with Gasteiger partial charge in [-0.25, -0.2) is 0 Å². The maximum atomic E-state index is 10.3. The molecule has 1 atom stereocenters. The van der Waals surface area contributed by atoms with E-state index in [-0.39, 0.29) is 5.60 Å². The number of hydrogen-bond acceptors (Lipinski definition) is 4. The van der Waals surface area contributed by atoms with Crippen LogP contribution in [0.1, 0.15) is 43.9 Å². The highest BCUT2D eigenvalue weighted by atomic mass is 16.5. The van der Waals surface area contributed by atoms with Gasteiger partial charge in [0.2, 0.25) is 0 Å². The molecular weight excluding hydrogens is 264 g/mol. The van der Waals surface area contributed by atoms with Crippen LogP contribution in [0.5, 0.6) is 0 Å². The number of ether oxygens (including phenoxy) is 1. The molecule has 21 heavy (non-hydrogen) atoms. The Kier molecular flexibility index (Phi) is 4.04. The molecule has 1 spiro atoms. The van der Waals surface area contributed by atoms with Crippen LogP contribution in [0.15, 0.2) is 18.3 Å². The number of hydrogen-bond donors (Lipinski definition) is 1. The van der Waals surface area contributed by atoms with Crippen molar-refractivity contribution in [1.82, 2.24) is 9.88 Å². The largest absolute Gasteiger partial charge is 0.390 e. The van der Waals surface area contributed by atoms with Gasteiger partial charge < -0.3 is 9.84 Å². The number of pyridine rings is 1. The zero-order valence-electron chi connectivity index (χ0n) is 13.1. The first-order chi connectivity index (χ1) is 9.96. The Morgan fingerprint density at radius 1 is 1.29 bits per heavy atom. The van der Waals surface area contributed by atoms with Crippen LogP contribution in [0.3, 0.4) is 0 Å². The fourth-order valence-electron chi connectivity index (χ4n) is 3.58. The summed E-state index contributed by atoms with van der Waals surface area (Å²) in [6.07, 6.45) is 5.48. The molecule has 4 nitrogen and oxygen atoms in total. The van der Waals surface area contributed by atoms with Crippen molar-refractivity contribution in [2.75, 3.05) is 19.7 Å². The van der Waals surface area contributed by atoms with E-state index in [0.717, 1.165) is 51.0 Å². The molecule has 0 amide bonds. The fourth-order valence-corrected chi connectivity index (χ4v) is 3.58. The van der Waals surface area contributed by atoms with E-state index in [9.17, 15) is 5.11 Å². The number of aromatic nitrogens is 1. The van der Waals surface area contributed by atoms with E-state index in [1.54, 1.807) is 0 Å². The van der Waals surface area contributed by atoms with E-state index < -0.39 is 5.60 Å². The molecule has 3 heterocycles. The molecule has 2 aliphatic heterocycles. The van der Waals surface area contributed by atoms with Gasteiger partial charge in [-0.1, -0.05) is 6.07 Å². The first kappa shape index (κ1) is 14.9. The number of aryl methyl sites for hydroxylation is 1. The summed E-state index contributed by atoms with van der Waals surface area (Å²) in [4.78, 5) is 6.93. The van der Waals surface area contributed by atoms with E-state index >= 15 is 0 Å². The maximum absolute atomic E-state index is 10.3. The second-order valence-electron chi connectivity index (χ2n) is 7.06. The lowest BCUT2D eigenvalue weighted by Crippen LogP contribution is -2.53. The van der Waals surface area contributed by atoms with Crippen molar-refractivity contribution in [3.05, 3.63) is 29.6 Å². The van der Waals surface area contributed by atoms with E-state index in [1.165, 1.54) is 5.56 Å². The van der Waals surface area contributed by atoms with Gasteiger partial charge in [-0.15, -0.1) is 0 Å². The molecule has 0 bridgehead atoms. The van der Waals surface area contributed by atoms with Gasteiger partial charge in [-0.05, 0) is 44.7 Å². The molecule has 1 aromatic heterocycles. The van der Waals surface area contributed by atoms with Crippen LogP contribution in [-0.4, -0.2) is 45.9 Å². The van der Waals surface area contributed by atoms with Gasteiger partial charge in [0.15, 0.2) is 0 Å². The van der Waals surface area contributed by atoms with Crippen molar-refractivity contribution in [3.63, 3.8) is 0 Å². The van der Waals surface area contributed by atoms with E-state index in [2.05, 4.69) is 28.9 Å². The fraction of sp³-hybridized carbons (Fsp3) is 0.706. The molecule has 1 N–H and O–H groups in total. The summed E-state index contributed by atoms with van der Waals surface area (Å²) in [6, 6.07) is 4.23. The van der Waals surface area contributed by atoms with Crippen LogP contribution in [0, 0.1) is 6.92 Å². The first-order valence-corrected chi connectivity index (χ1v) is 7.97. The average Bonchev–Trinajstić information content (AvgIpc) is 2.43. The standard InChI is InChI=1S/C17H26N2O2/c1-14-3-4-15(18-11-14)12-19-8-5-17(6-9-19)13-16(2,20)7-10-21-17/h3-4,11,20H,5-10,12-13H2,1-2H3. The summed E-state index contributed by atoms with van der Waals surface area (Å²) in [5.41, 5.74) is 1.68. The Labute approximate surface area is 127 Å². The number of nitrogens with zero attached hydrogens (tertiary/aromatic N) is 2. The van der Waals surface area contributed by atoms with E-state index in [1.807, 2.05) is 13.1 Å². The van der Waals surface area contributed by atoms with Crippen molar-refractivity contribution in [2.24, 2.45) is 0 Å². The highest BCUT2D eigenvalue weighted by Gasteiger charge is 2.44. The third kappa shape index (κ3) is 3.62. The second-order valence-corrected chi connectivity index (χ2v) is 7.06. The lowest BCUT2D eigenvalue weighted by molar-refractivity contribution is -0.173. The van der Waals surface area contributed by atoms with Crippen LogP contribution in [-0.2, 0) is 11.3 Å². The molecule has 2 saturated heterocycles. The van der Waals surface area contributed by atoms with E-state index in [4.69, 9.17) is 4.74 Å². The molecule has 3 rings (SSSR count). The Hall–Kier alpha value is -0.970. The van der Waals surface area contributed by atoms with Gasteiger partial charge in [0, 0.05) is 32.3 Å². The van der Waals surface area contributed by atoms with Gasteiger partial charge in [-0.3, -0.25) is 9.88 Å². The molecule has 0 aliphatic carbocycles. The molecule has 2 aliphatic rings. The zero-order chi connectivity index (χ0) is 14.9. The van der Waals surface area contributed by atoms with Crippen LogP contribution >= 0.6 is 0 Å². The molecule has 116 valence electrons. The minimum atomic E-state index is -0.557. The quantitative estimate of drug-likeness (QED) is 0.907. The molecule has 1 unspecified atom stereocenters. The van der Waals surface area contributed by atoms with Crippen LogP contribution in [0.2, 0.25) is 0 Å². The van der Waals surface area contributed by atoms with Crippen LogP contribution < -0.4 is 0 Å². The monoisotopic (exact) mass is 290 g/mol. The topological polar surface area (TPSA) is 45.6 Å². The first-order valence-electron chi connectivity index (χ1n) is 7.97. The Morgan fingerprint density at radius 2 is 2.05 bits per heavy atom. The predicted octanol–water partition coefficient (Wildman–Crippen LogP) is 2.29. The molecule has 0 aromatic carbocycles. The molecule has 2 fully saturated rings. The van der Waals surface area contributed by atoms with Crippen LogP contribution in [0.25, 0.3) is 0 Å². The normalized spacial score (nSPS) is 29.7. The Bertz CT molecular complexity index is 476. The third-order valence-electron chi connectivity index (χ3n) is 4.88. The second kappa shape index (κ2) is 5.67. The average molecular weight is 290 g/mol. The highest BCUT2D eigenvalue weighted by Crippen LogP contribution is 2.39. The van der Waals surface area contributed by atoms with Crippen LogP contribution in [0.4, 0.5) is 0 Å². The molecular formula is C17H26N2O2. The van der Waals surface area contributed by atoms with E-state index in [0.29, 0.717) is 6.61 Å². The molecule has 4 heteroatoms. The van der Waals surface area contributed by atoms with Crippen molar-refractivity contribution in [1.29, 1.82) is 0 Å². The minimum Gasteiger partial charge on any atom is -0.390 e. The highest BCUT2D eigenvalue weighted by molar-refractivity contribution is 5.12. The maximum Gasteiger partial charge on any atom is 0.0734 e. The van der Waals surface area contributed by atoms with Gasteiger partial charge in [0.05, 0.1) is 23.5 Å². The summed E-state index contributed by atoms with van der Waals surface area (Å²) in [6.45, 7) is 7.64. The van der Waals surface area contributed by atoms with Crippen molar-refractivity contribution in [2.45, 2.75) is 57.3 Å². The summed E-state index contributed by atoms with van der Waals surface area (Å²) in [7, 11) is 0. The predicted molar refractivity (Wildman–Crippen MR) is 82.0 cm³/mol. The van der Waals surface area contributed by atoms with Gasteiger partial charge in [0.1, 0.15) is 0 Å². The Balaban J connectivity index is 1.56. The summed E-state index contributed by atoms with van der Waals surface area (Å²) in [5.74, 6) is 0. The number of aliphatic hydroxyl groups is 1. The van der Waals surface area contributed by atoms with Gasteiger partial charge >= 0.3 is 0 Å². The van der Waals surface area contributed by atoms with Crippen molar-refractivity contribution < 1.29 is 9.84 Å². The van der Waals surface area contributed by atoms with Crippen molar-refractivity contribution in [3.8, 4) is 0 Å². The zero-order valence-corrected chi connectivity index (χ0v) is 13.1.